The van der Waals surface area contributed by atoms with Gasteiger partial charge in [-0.05, 0) is 49.2 Å². The summed E-state index contributed by atoms with van der Waals surface area (Å²) < 4.78 is 5.20. The Bertz CT molecular complexity index is 1120. The smallest absolute Gasteiger partial charge is 0.408 e. The minimum absolute atomic E-state index is 0.126. The zero-order chi connectivity index (χ0) is 24.5. The number of likely N-dealkylation sites (N-methyl/N-ethyl adjacent to an activating group) is 1. The molecule has 0 spiro atoms. The van der Waals surface area contributed by atoms with E-state index in [1.165, 1.54) is 0 Å². The van der Waals surface area contributed by atoms with Crippen LogP contribution in [0.2, 0.25) is 0 Å². The minimum Gasteiger partial charge on any atom is -0.445 e. The average Bonchev–Trinajstić information content (AvgIpc) is 2.87. The molecular formula is C27H29N3O4. The lowest BCUT2D eigenvalue weighted by atomic mass is 10.1. The topological polar surface area (TPSA) is 87.7 Å². The zero-order valence-electron chi connectivity index (χ0n) is 19.5. The quantitative estimate of drug-likeness (QED) is 0.508. The first-order chi connectivity index (χ1) is 16.3. The van der Waals surface area contributed by atoms with Gasteiger partial charge in [-0.25, -0.2) is 4.79 Å². The Morgan fingerprint density at radius 3 is 2.21 bits per heavy atom. The summed E-state index contributed by atoms with van der Waals surface area (Å²) in [6, 6.07) is 24.6. The molecule has 0 fully saturated rings. The Labute approximate surface area is 199 Å². The van der Waals surface area contributed by atoms with E-state index in [-0.39, 0.29) is 24.5 Å². The first-order valence-electron chi connectivity index (χ1n) is 11.1. The number of benzene rings is 3. The van der Waals surface area contributed by atoms with E-state index in [0.717, 1.165) is 11.1 Å². The van der Waals surface area contributed by atoms with E-state index in [4.69, 9.17) is 4.74 Å². The molecule has 0 saturated heterocycles. The van der Waals surface area contributed by atoms with Crippen molar-refractivity contribution in [2.45, 2.75) is 32.5 Å². The molecular weight excluding hydrogens is 430 g/mol. The van der Waals surface area contributed by atoms with Crippen molar-refractivity contribution in [3.8, 4) is 0 Å². The van der Waals surface area contributed by atoms with Crippen molar-refractivity contribution >= 4 is 23.6 Å². The maximum Gasteiger partial charge on any atom is 0.408 e. The number of amides is 3. The van der Waals surface area contributed by atoms with E-state index in [2.05, 4.69) is 10.6 Å². The Balaban J connectivity index is 1.56. The largest absolute Gasteiger partial charge is 0.445 e. The first-order valence-corrected chi connectivity index (χ1v) is 11.1. The summed E-state index contributed by atoms with van der Waals surface area (Å²) in [6.07, 6.45) is -0.656. The van der Waals surface area contributed by atoms with Gasteiger partial charge >= 0.3 is 6.09 Å². The number of carbonyl (C=O) groups excluding carboxylic acids is 3. The number of rotatable bonds is 8. The summed E-state index contributed by atoms with van der Waals surface area (Å²) >= 11 is 0. The van der Waals surface area contributed by atoms with Gasteiger partial charge in [0.05, 0.1) is 6.04 Å². The second-order valence-electron chi connectivity index (χ2n) is 8.00. The number of nitrogens with one attached hydrogen (secondary N) is 2. The van der Waals surface area contributed by atoms with Crippen molar-refractivity contribution in [2.24, 2.45) is 0 Å². The van der Waals surface area contributed by atoms with Gasteiger partial charge in [0.25, 0.3) is 5.91 Å². The van der Waals surface area contributed by atoms with Gasteiger partial charge in [0.15, 0.2) is 0 Å². The fourth-order valence-electron chi connectivity index (χ4n) is 3.39. The lowest BCUT2D eigenvalue weighted by Crippen LogP contribution is -2.46. The summed E-state index contributed by atoms with van der Waals surface area (Å²) in [7, 11) is 1.68. The van der Waals surface area contributed by atoms with Crippen molar-refractivity contribution in [2.75, 3.05) is 12.4 Å². The molecule has 7 heteroatoms. The van der Waals surface area contributed by atoms with Crippen LogP contribution in [-0.2, 0) is 16.1 Å². The SMILES string of the molecule is C[C@H](c1cccc(NC(=O)c2ccccc2)c1)N(C)C(=O)[C@@H](C)NC(=O)OCc1ccccc1. The van der Waals surface area contributed by atoms with Gasteiger partial charge in [0.2, 0.25) is 5.91 Å². The maximum absolute atomic E-state index is 12.9. The Morgan fingerprint density at radius 1 is 0.882 bits per heavy atom. The third-order valence-electron chi connectivity index (χ3n) is 5.51. The molecule has 0 aliphatic carbocycles. The van der Waals surface area contributed by atoms with Gasteiger partial charge < -0.3 is 20.3 Å². The van der Waals surface area contributed by atoms with Crippen molar-refractivity contribution in [3.63, 3.8) is 0 Å². The fraction of sp³-hybridized carbons (Fsp3) is 0.222. The highest BCUT2D eigenvalue weighted by Crippen LogP contribution is 2.23. The molecule has 0 radical (unpaired) electrons. The summed E-state index contributed by atoms with van der Waals surface area (Å²) in [4.78, 5) is 39.0. The zero-order valence-corrected chi connectivity index (χ0v) is 19.5. The van der Waals surface area contributed by atoms with Crippen LogP contribution >= 0.6 is 0 Å². The molecule has 0 aliphatic rings. The summed E-state index contributed by atoms with van der Waals surface area (Å²) in [5.74, 6) is -0.468. The number of anilines is 1. The standard InChI is InChI=1S/C27H29N3O4/c1-19(28-27(33)34-18-21-11-6-4-7-12-21)26(32)30(3)20(2)23-15-10-16-24(17-23)29-25(31)22-13-8-5-9-14-22/h4-17,19-20H,18H2,1-3H3,(H,28,33)(H,29,31)/t19-,20-/m1/s1. The number of nitrogens with zero attached hydrogens (tertiary/aromatic N) is 1. The molecule has 0 aliphatic heterocycles. The molecule has 0 heterocycles. The molecule has 0 unspecified atom stereocenters. The highest BCUT2D eigenvalue weighted by molar-refractivity contribution is 6.04. The second kappa shape index (κ2) is 11.7. The normalized spacial score (nSPS) is 12.2. The Hall–Kier alpha value is -4.13. The highest BCUT2D eigenvalue weighted by atomic mass is 16.5. The molecule has 3 amide bonds. The average molecular weight is 460 g/mol. The lowest BCUT2D eigenvalue weighted by molar-refractivity contribution is -0.133. The second-order valence-corrected chi connectivity index (χ2v) is 8.00. The molecule has 2 atom stereocenters. The van der Waals surface area contributed by atoms with Crippen LogP contribution in [-0.4, -0.2) is 35.9 Å². The Kier molecular flexibility index (Phi) is 8.40. The van der Waals surface area contributed by atoms with Crippen LogP contribution in [0.5, 0.6) is 0 Å². The number of alkyl carbamates (subject to hydrolysis) is 1. The molecule has 0 bridgehead atoms. The van der Waals surface area contributed by atoms with E-state index in [1.54, 1.807) is 49.2 Å². The molecule has 0 aromatic heterocycles. The number of ether oxygens (including phenoxy) is 1. The van der Waals surface area contributed by atoms with Crippen LogP contribution in [0, 0.1) is 0 Å². The molecule has 176 valence electrons. The van der Waals surface area contributed by atoms with E-state index < -0.39 is 12.1 Å². The van der Waals surface area contributed by atoms with E-state index in [1.807, 2.05) is 61.5 Å². The predicted molar refractivity (Wildman–Crippen MR) is 131 cm³/mol. The summed E-state index contributed by atoms with van der Waals surface area (Å²) in [6.45, 7) is 3.63. The minimum atomic E-state index is -0.767. The molecule has 3 aromatic carbocycles. The molecule has 34 heavy (non-hydrogen) atoms. The van der Waals surface area contributed by atoms with Gasteiger partial charge in [-0.1, -0.05) is 60.7 Å². The molecule has 3 aromatic rings. The van der Waals surface area contributed by atoms with Crippen LogP contribution in [0.4, 0.5) is 10.5 Å². The Morgan fingerprint density at radius 2 is 1.53 bits per heavy atom. The third kappa shape index (κ3) is 6.68. The maximum atomic E-state index is 12.9. The van der Waals surface area contributed by atoms with Gasteiger partial charge in [-0.3, -0.25) is 9.59 Å². The van der Waals surface area contributed by atoms with Crippen LogP contribution in [0.1, 0.15) is 41.4 Å². The van der Waals surface area contributed by atoms with E-state index >= 15 is 0 Å². The monoisotopic (exact) mass is 459 g/mol. The first kappa shape index (κ1) is 24.5. The molecule has 0 saturated carbocycles. The molecule has 2 N–H and O–H groups in total. The number of hydrogen-bond acceptors (Lipinski definition) is 4. The number of hydrogen-bond donors (Lipinski definition) is 2. The van der Waals surface area contributed by atoms with Crippen molar-refractivity contribution in [1.29, 1.82) is 0 Å². The van der Waals surface area contributed by atoms with Crippen LogP contribution in [0.3, 0.4) is 0 Å². The van der Waals surface area contributed by atoms with Crippen molar-refractivity contribution in [3.05, 3.63) is 102 Å². The lowest BCUT2D eigenvalue weighted by Gasteiger charge is -2.28. The molecule has 7 nitrogen and oxygen atoms in total. The number of carbonyl (C=O) groups is 3. The summed E-state index contributed by atoms with van der Waals surface area (Å²) in [5.41, 5.74) is 2.91. The van der Waals surface area contributed by atoms with E-state index in [0.29, 0.717) is 11.3 Å². The highest BCUT2D eigenvalue weighted by Gasteiger charge is 2.24. The summed E-state index contributed by atoms with van der Waals surface area (Å²) in [5, 5.41) is 5.47. The van der Waals surface area contributed by atoms with Crippen molar-refractivity contribution in [1.82, 2.24) is 10.2 Å². The van der Waals surface area contributed by atoms with Crippen LogP contribution < -0.4 is 10.6 Å². The van der Waals surface area contributed by atoms with E-state index in [9.17, 15) is 14.4 Å². The predicted octanol–water partition coefficient (Wildman–Crippen LogP) is 4.77. The third-order valence-corrected chi connectivity index (χ3v) is 5.51. The van der Waals surface area contributed by atoms with Gasteiger partial charge in [0, 0.05) is 18.3 Å². The molecule has 3 rings (SSSR count). The van der Waals surface area contributed by atoms with Gasteiger partial charge in [0.1, 0.15) is 12.6 Å². The van der Waals surface area contributed by atoms with Crippen LogP contribution in [0.15, 0.2) is 84.9 Å². The van der Waals surface area contributed by atoms with Gasteiger partial charge in [-0.15, -0.1) is 0 Å². The van der Waals surface area contributed by atoms with Gasteiger partial charge in [-0.2, -0.15) is 0 Å². The fourth-order valence-corrected chi connectivity index (χ4v) is 3.39. The van der Waals surface area contributed by atoms with Crippen molar-refractivity contribution < 1.29 is 19.1 Å². The van der Waals surface area contributed by atoms with Crippen LogP contribution in [0.25, 0.3) is 0 Å².